The minimum atomic E-state index is 0.597. The lowest BCUT2D eigenvalue weighted by atomic mass is 10.3. The predicted molar refractivity (Wildman–Crippen MR) is 82.9 cm³/mol. The molecule has 0 amide bonds. The summed E-state index contributed by atoms with van der Waals surface area (Å²) in [6.07, 6.45) is 6.07. The van der Waals surface area contributed by atoms with E-state index in [2.05, 4.69) is 20.2 Å². The molecule has 2 aromatic rings. The van der Waals surface area contributed by atoms with Crippen LogP contribution in [0.4, 0.5) is 11.6 Å². The van der Waals surface area contributed by atoms with Crippen molar-refractivity contribution in [2.75, 3.05) is 31.6 Å². The van der Waals surface area contributed by atoms with E-state index in [4.69, 9.17) is 4.74 Å². The minimum Gasteiger partial charge on any atom is -0.492 e. The zero-order valence-corrected chi connectivity index (χ0v) is 12.0. The summed E-state index contributed by atoms with van der Waals surface area (Å²) >= 11 is 0. The molecule has 3 rings (SSSR count). The first kappa shape index (κ1) is 13.8. The van der Waals surface area contributed by atoms with Gasteiger partial charge in [-0.15, -0.1) is 0 Å². The second-order valence-corrected chi connectivity index (χ2v) is 5.12. The van der Waals surface area contributed by atoms with E-state index in [1.807, 2.05) is 24.3 Å². The Labute approximate surface area is 125 Å². The van der Waals surface area contributed by atoms with E-state index in [-0.39, 0.29) is 0 Å². The fourth-order valence-electron chi connectivity index (χ4n) is 2.43. The summed E-state index contributed by atoms with van der Waals surface area (Å²) in [7, 11) is 0. The average Bonchev–Trinajstić information content (AvgIpc) is 3.03. The number of rotatable bonds is 6. The van der Waals surface area contributed by atoms with E-state index < -0.39 is 0 Å². The van der Waals surface area contributed by atoms with E-state index >= 15 is 0 Å². The molecule has 1 aliphatic rings. The number of hydrogen-bond donors (Lipinski definition) is 1. The molecule has 0 saturated carbocycles. The van der Waals surface area contributed by atoms with Crippen molar-refractivity contribution in [3.05, 3.63) is 42.7 Å². The molecule has 110 valence electrons. The van der Waals surface area contributed by atoms with Crippen molar-refractivity contribution >= 4 is 11.6 Å². The molecule has 1 N–H and O–H groups in total. The molecule has 1 aromatic carbocycles. The fraction of sp³-hybridized carbons (Fsp3) is 0.375. The zero-order valence-electron chi connectivity index (χ0n) is 12.0. The van der Waals surface area contributed by atoms with Crippen molar-refractivity contribution in [3.8, 4) is 5.75 Å². The van der Waals surface area contributed by atoms with Gasteiger partial charge in [-0.25, -0.2) is 9.97 Å². The van der Waals surface area contributed by atoms with E-state index in [1.165, 1.54) is 25.9 Å². The van der Waals surface area contributed by atoms with Gasteiger partial charge in [0.1, 0.15) is 12.4 Å². The molecule has 1 aromatic heterocycles. The van der Waals surface area contributed by atoms with Crippen LogP contribution in [0.2, 0.25) is 0 Å². The zero-order chi connectivity index (χ0) is 14.3. The molecule has 0 bridgehead atoms. The summed E-state index contributed by atoms with van der Waals surface area (Å²) in [6, 6.07) is 9.68. The number of anilines is 2. The highest BCUT2D eigenvalue weighted by Gasteiger charge is 2.10. The first-order chi connectivity index (χ1) is 10.4. The third-order valence-corrected chi connectivity index (χ3v) is 3.55. The summed E-state index contributed by atoms with van der Waals surface area (Å²) in [5, 5.41) is 3.15. The van der Waals surface area contributed by atoms with Crippen LogP contribution in [-0.2, 0) is 0 Å². The second kappa shape index (κ2) is 7.04. The molecule has 0 aliphatic carbocycles. The summed E-state index contributed by atoms with van der Waals surface area (Å²) < 4.78 is 5.77. The second-order valence-electron chi connectivity index (χ2n) is 5.12. The number of nitrogens with zero attached hydrogens (tertiary/aromatic N) is 3. The van der Waals surface area contributed by atoms with Gasteiger partial charge in [0.25, 0.3) is 0 Å². The smallest absolute Gasteiger partial charge is 0.227 e. The number of ether oxygens (including phenoxy) is 1. The molecule has 0 spiro atoms. The van der Waals surface area contributed by atoms with E-state index in [0.717, 1.165) is 24.6 Å². The van der Waals surface area contributed by atoms with Crippen molar-refractivity contribution in [2.24, 2.45) is 0 Å². The monoisotopic (exact) mass is 284 g/mol. The van der Waals surface area contributed by atoms with Crippen LogP contribution in [0, 0.1) is 0 Å². The lowest BCUT2D eigenvalue weighted by Gasteiger charge is -2.15. The molecular weight excluding hydrogens is 264 g/mol. The average molecular weight is 284 g/mol. The molecule has 0 atom stereocenters. The fourth-order valence-corrected chi connectivity index (χ4v) is 2.43. The summed E-state index contributed by atoms with van der Waals surface area (Å²) in [5.74, 6) is 1.49. The molecule has 2 heterocycles. The van der Waals surface area contributed by atoms with Crippen molar-refractivity contribution in [2.45, 2.75) is 12.8 Å². The Hall–Kier alpha value is -2.14. The number of benzene rings is 1. The van der Waals surface area contributed by atoms with Crippen LogP contribution in [0.25, 0.3) is 0 Å². The lowest BCUT2D eigenvalue weighted by Crippen LogP contribution is -2.25. The van der Waals surface area contributed by atoms with E-state index in [1.54, 1.807) is 18.5 Å². The van der Waals surface area contributed by atoms with Gasteiger partial charge >= 0.3 is 0 Å². The quantitative estimate of drug-likeness (QED) is 0.884. The topological polar surface area (TPSA) is 50.3 Å². The Morgan fingerprint density at radius 2 is 1.76 bits per heavy atom. The van der Waals surface area contributed by atoms with Crippen LogP contribution < -0.4 is 10.1 Å². The third kappa shape index (κ3) is 4.16. The highest BCUT2D eigenvalue weighted by molar-refractivity contribution is 5.54. The molecule has 1 fully saturated rings. The van der Waals surface area contributed by atoms with Crippen molar-refractivity contribution in [1.82, 2.24) is 14.9 Å². The predicted octanol–water partition coefficient (Wildman–Crippen LogP) is 2.69. The first-order valence-electron chi connectivity index (χ1n) is 7.39. The van der Waals surface area contributed by atoms with Gasteiger partial charge in [0.05, 0.1) is 0 Å². The molecular formula is C16H20N4O. The van der Waals surface area contributed by atoms with Crippen LogP contribution in [0.15, 0.2) is 42.7 Å². The van der Waals surface area contributed by atoms with E-state index in [9.17, 15) is 0 Å². The standard InChI is InChI=1S/C16H20N4O/c1-2-11-20(10-1)12-13-21-15-6-4-14(5-7-15)19-16-17-8-3-9-18-16/h3-9H,1-2,10-13H2,(H,17,18,19). The molecule has 0 radical (unpaired) electrons. The van der Waals surface area contributed by atoms with Crippen molar-refractivity contribution < 1.29 is 4.74 Å². The van der Waals surface area contributed by atoms with Gasteiger partial charge in [-0.3, -0.25) is 4.90 Å². The molecule has 1 saturated heterocycles. The normalized spacial score (nSPS) is 15.0. The lowest BCUT2D eigenvalue weighted by molar-refractivity contribution is 0.238. The molecule has 0 unspecified atom stereocenters. The van der Waals surface area contributed by atoms with Crippen molar-refractivity contribution in [3.63, 3.8) is 0 Å². The van der Waals surface area contributed by atoms with Gasteiger partial charge in [0, 0.05) is 24.6 Å². The van der Waals surface area contributed by atoms with Gasteiger partial charge in [0.15, 0.2) is 0 Å². The van der Waals surface area contributed by atoms with Gasteiger partial charge in [-0.1, -0.05) is 0 Å². The van der Waals surface area contributed by atoms with E-state index in [0.29, 0.717) is 5.95 Å². The Balaban J connectivity index is 1.47. The number of hydrogen-bond acceptors (Lipinski definition) is 5. The molecule has 21 heavy (non-hydrogen) atoms. The highest BCUT2D eigenvalue weighted by Crippen LogP contribution is 2.18. The van der Waals surface area contributed by atoms with Gasteiger partial charge in [-0.05, 0) is 56.3 Å². The van der Waals surface area contributed by atoms with Crippen LogP contribution in [0.3, 0.4) is 0 Å². The molecule has 5 heteroatoms. The Bertz CT molecular complexity index is 538. The van der Waals surface area contributed by atoms with Crippen molar-refractivity contribution in [1.29, 1.82) is 0 Å². The highest BCUT2D eigenvalue weighted by atomic mass is 16.5. The molecule has 1 aliphatic heterocycles. The first-order valence-corrected chi connectivity index (χ1v) is 7.39. The summed E-state index contributed by atoms with van der Waals surface area (Å²) in [6.45, 7) is 4.18. The number of aromatic nitrogens is 2. The summed E-state index contributed by atoms with van der Waals surface area (Å²) in [5.41, 5.74) is 0.952. The van der Waals surface area contributed by atoms with Gasteiger partial charge < -0.3 is 10.1 Å². The van der Waals surface area contributed by atoms with Crippen LogP contribution >= 0.6 is 0 Å². The SMILES string of the molecule is c1cnc(Nc2ccc(OCCN3CCCC3)cc2)nc1. The Morgan fingerprint density at radius 1 is 1.05 bits per heavy atom. The van der Waals surface area contributed by atoms with Crippen LogP contribution in [0.1, 0.15) is 12.8 Å². The maximum absolute atomic E-state index is 5.77. The van der Waals surface area contributed by atoms with Crippen LogP contribution in [0.5, 0.6) is 5.75 Å². The van der Waals surface area contributed by atoms with Gasteiger partial charge in [-0.2, -0.15) is 0 Å². The Kier molecular flexibility index (Phi) is 4.63. The van der Waals surface area contributed by atoms with Crippen LogP contribution in [-0.4, -0.2) is 41.1 Å². The number of likely N-dealkylation sites (tertiary alicyclic amines) is 1. The molecule has 5 nitrogen and oxygen atoms in total. The minimum absolute atomic E-state index is 0.597. The third-order valence-electron chi connectivity index (χ3n) is 3.55. The maximum Gasteiger partial charge on any atom is 0.227 e. The largest absolute Gasteiger partial charge is 0.492 e. The Morgan fingerprint density at radius 3 is 2.48 bits per heavy atom. The van der Waals surface area contributed by atoms with Gasteiger partial charge in [0.2, 0.25) is 5.95 Å². The summed E-state index contributed by atoms with van der Waals surface area (Å²) in [4.78, 5) is 10.7. The maximum atomic E-state index is 5.77. The number of nitrogens with one attached hydrogen (secondary N) is 1.